The second-order valence-electron chi connectivity index (χ2n) is 6.53. The molecule has 0 bridgehead atoms. The summed E-state index contributed by atoms with van der Waals surface area (Å²) in [6.45, 7) is -0.102. The van der Waals surface area contributed by atoms with Gasteiger partial charge in [0.1, 0.15) is 5.75 Å². The number of benzene rings is 2. The van der Waals surface area contributed by atoms with Crippen molar-refractivity contribution in [3.05, 3.63) is 71.2 Å². The first-order valence-electron chi connectivity index (χ1n) is 9.21. The summed E-state index contributed by atoms with van der Waals surface area (Å²) in [5.74, 6) is 0.128. The van der Waals surface area contributed by atoms with E-state index in [1.54, 1.807) is 18.2 Å². The average molecular weight is 455 g/mol. The first-order chi connectivity index (χ1) is 14.7. The predicted octanol–water partition coefficient (Wildman–Crippen LogP) is 4.68. The molecular weight excluding hydrogens is 437 g/mol. The average Bonchev–Trinajstić information content (AvgIpc) is 3.19. The molecule has 0 spiro atoms. The molecule has 164 valence electrons. The van der Waals surface area contributed by atoms with Crippen molar-refractivity contribution in [3.8, 4) is 17.1 Å². The number of alkyl halides is 3. The van der Waals surface area contributed by atoms with Crippen LogP contribution in [0.15, 0.2) is 59.1 Å². The number of halogens is 4. The van der Waals surface area contributed by atoms with Crippen molar-refractivity contribution in [2.75, 3.05) is 6.54 Å². The predicted molar refractivity (Wildman–Crippen MR) is 106 cm³/mol. The molecule has 3 rings (SSSR count). The van der Waals surface area contributed by atoms with E-state index in [-0.39, 0.29) is 25.3 Å². The highest BCUT2D eigenvalue weighted by atomic mass is 35.5. The molecule has 10 heteroatoms. The summed E-state index contributed by atoms with van der Waals surface area (Å²) in [7, 11) is 0. The van der Waals surface area contributed by atoms with E-state index < -0.39 is 18.2 Å². The zero-order valence-electron chi connectivity index (χ0n) is 16.0. The second kappa shape index (κ2) is 9.84. The Morgan fingerprint density at radius 1 is 1.19 bits per heavy atom. The number of carbonyl (C=O) groups excluding carboxylic acids is 1. The highest BCUT2D eigenvalue weighted by molar-refractivity contribution is 6.33. The highest BCUT2D eigenvalue weighted by Gasteiger charge is 2.31. The molecule has 0 aliphatic carbocycles. The van der Waals surface area contributed by atoms with E-state index in [2.05, 4.69) is 15.0 Å². The van der Waals surface area contributed by atoms with Crippen LogP contribution in [0.3, 0.4) is 0 Å². The van der Waals surface area contributed by atoms with Crippen molar-refractivity contribution in [1.82, 2.24) is 10.3 Å². The number of aromatic nitrogens is 1. The van der Waals surface area contributed by atoms with Crippen molar-refractivity contribution >= 4 is 17.5 Å². The molecule has 1 aromatic heterocycles. The molecule has 1 unspecified atom stereocenters. The lowest BCUT2D eigenvalue weighted by molar-refractivity contribution is -0.274. The lowest BCUT2D eigenvalue weighted by Crippen LogP contribution is -2.28. The minimum Gasteiger partial charge on any atom is -0.441 e. The topological polar surface area (TPSA) is 84.6 Å². The van der Waals surface area contributed by atoms with Crippen LogP contribution in [0, 0.1) is 0 Å². The van der Waals surface area contributed by atoms with Gasteiger partial charge >= 0.3 is 6.36 Å². The first-order valence-corrected chi connectivity index (χ1v) is 9.59. The molecule has 0 radical (unpaired) electrons. The number of aryl methyl sites for hydroxylation is 1. The van der Waals surface area contributed by atoms with Crippen LogP contribution in [0.25, 0.3) is 11.3 Å². The van der Waals surface area contributed by atoms with Crippen LogP contribution in [0.5, 0.6) is 5.75 Å². The largest absolute Gasteiger partial charge is 0.573 e. The summed E-state index contributed by atoms with van der Waals surface area (Å²) in [4.78, 5) is 16.2. The lowest BCUT2D eigenvalue weighted by Gasteiger charge is -2.13. The van der Waals surface area contributed by atoms with E-state index in [4.69, 9.17) is 16.0 Å². The normalized spacial score (nSPS) is 12.4. The van der Waals surface area contributed by atoms with Gasteiger partial charge in [-0.3, -0.25) is 4.79 Å². The monoisotopic (exact) mass is 454 g/mol. The van der Waals surface area contributed by atoms with Crippen LogP contribution in [0.2, 0.25) is 5.02 Å². The minimum atomic E-state index is -4.79. The molecule has 1 amide bonds. The molecule has 1 heterocycles. The van der Waals surface area contributed by atoms with Gasteiger partial charge in [0, 0.05) is 24.9 Å². The fraction of sp³-hybridized carbons (Fsp3) is 0.238. The Bertz CT molecular complexity index is 1020. The second-order valence-corrected chi connectivity index (χ2v) is 6.94. The summed E-state index contributed by atoms with van der Waals surface area (Å²) in [5.41, 5.74) is 1.04. The molecule has 31 heavy (non-hydrogen) atoms. The van der Waals surface area contributed by atoms with Gasteiger partial charge in [-0.1, -0.05) is 35.9 Å². The maximum atomic E-state index is 12.2. The number of hydrogen-bond acceptors (Lipinski definition) is 5. The van der Waals surface area contributed by atoms with Crippen LogP contribution in [0.1, 0.15) is 24.0 Å². The molecular formula is C21H18ClF3N2O4. The van der Waals surface area contributed by atoms with Gasteiger partial charge in [-0.25, -0.2) is 4.98 Å². The molecule has 0 aliphatic heterocycles. The molecule has 0 fully saturated rings. The van der Waals surface area contributed by atoms with Gasteiger partial charge in [-0.2, -0.15) is 0 Å². The molecule has 0 saturated heterocycles. The Labute approximate surface area is 180 Å². The van der Waals surface area contributed by atoms with Crippen LogP contribution in [0.4, 0.5) is 13.2 Å². The Morgan fingerprint density at radius 3 is 2.58 bits per heavy atom. The minimum absolute atomic E-state index is 0.0769. The third kappa shape index (κ3) is 6.73. The number of rotatable bonds is 8. The van der Waals surface area contributed by atoms with E-state index in [1.165, 1.54) is 18.3 Å². The molecule has 0 saturated carbocycles. The number of hydrogen-bond donors (Lipinski definition) is 2. The van der Waals surface area contributed by atoms with E-state index in [1.807, 2.05) is 6.07 Å². The van der Waals surface area contributed by atoms with Gasteiger partial charge in [0.05, 0.1) is 17.3 Å². The van der Waals surface area contributed by atoms with E-state index in [9.17, 15) is 23.1 Å². The van der Waals surface area contributed by atoms with Crippen molar-refractivity contribution in [3.63, 3.8) is 0 Å². The number of aliphatic hydroxyl groups is 1. The maximum absolute atomic E-state index is 12.2. The molecule has 3 aromatic rings. The number of nitrogens with one attached hydrogen (secondary N) is 1. The number of aliphatic hydroxyl groups excluding tert-OH is 1. The zero-order chi connectivity index (χ0) is 22.4. The molecule has 0 aliphatic rings. The van der Waals surface area contributed by atoms with E-state index in [0.717, 1.165) is 12.1 Å². The van der Waals surface area contributed by atoms with Crippen molar-refractivity contribution in [2.24, 2.45) is 0 Å². The molecule has 2 N–H and O–H groups in total. The number of amides is 1. The number of ether oxygens (including phenoxy) is 1. The Morgan fingerprint density at radius 2 is 1.90 bits per heavy atom. The van der Waals surface area contributed by atoms with Crippen molar-refractivity contribution in [1.29, 1.82) is 0 Å². The fourth-order valence-corrected chi connectivity index (χ4v) is 2.97. The summed E-state index contributed by atoms with van der Waals surface area (Å²) in [5, 5.41) is 13.2. The van der Waals surface area contributed by atoms with Crippen molar-refractivity contribution in [2.45, 2.75) is 25.3 Å². The van der Waals surface area contributed by atoms with Crippen LogP contribution >= 0.6 is 11.6 Å². The SMILES string of the molecule is O=C(CCc1ncc(-c2ccccc2Cl)o1)NCC(O)c1ccc(OC(F)(F)F)cc1. The molecule has 6 nitrogen and oxygen atoms in total. The fourth-order valence-electron chi connectivity index (χ4n) is 2.74. The van der Waals surface area contributed by atoms with Gasteiger partial charge in [0.2, 0.25) is 5.91 Å². The van der Waals surface area contributed by atoms with Gasteiger partial charge in [0.25, 0.3) is 0 Å². The van der Waals surface area contributed by atoms with Gasteiger partial charge in [-0.15, -0.1) is 13.2 Å². The van der Waals surface area contributed by atoms with E-state index in [0.29, 0.717) is 27.8 Å². The van der Waals surface area contributed by atoms with Crippen LogP contribution < -0.4 is 10.1 Å². The summed E-state index contributed by atoms with van der Waals surface area (Å²) in [6.07, 6.45) is -4.02. The van der Waals surface area contributed by atoms with Gasteiger partial charge in [0.15, 0.2) is 11.7 Å². The third-order valence-corrected chi connectivity index (χ3v) is 4.58. The summed E-state index contributed by atoms with van der Waals surface area (Å²) in [6, 6.07) is 11.9. The molecule has 1 atom stereocenters. The van der Waals surface area contributed by atoms with Crippen LogP contribution in [-0.4, -0.2) is 28.9 Å². The summed E-state index contributed by atoms with van der Waals surface area (Å²) >= 11 is 6.12. The standard InChI is InChI=1S/C21H18ClF3N2O4/c22-16-4-2-1-3-15(16)18-12-27-20(30-18)10-9-19(29)26-11-17(28)13-5-7-14(8-6-13)31-21(23,24)25/h1-8,12,17,28H,9-11H2,(H,26,29). The van der Waals surface area contributed by atoms with Gasteiger partial charge in [-0.05, 0) is 29.8 Å². The van der Waals surface area contributed by atoms with Crippen LogP contribution in [-0.2, 0) is 11.2 Å². The van der Waals surface area contributed by atoms with Gasteiger partial charge < -0.3 is 19.6 Å². The Kier molecular flexibility index (Phi) is 7.19. The van der Waals surface area contributed by atoms with Crippen molar-refractivity contribution < 1.29 is 32.2 Å². The Hall–Kier alpha value is -3.04. The number of nitrogens with zero attached hydrogens (tertiary/aromatic N) is 1. The lowest BCUT2D eigenvalue weighted by atomic mass is 10.1. The maximum Gasteiger partial charge on any atom is 0.573 e. The summed E-state index contributed by atoms with van der Waals surface area (Å²) < 4.78 is 45.9. The number of carbonyl (C=O) groups is 1. The third-order valence-electron chi connectivity index (χ3n) is 4.25. The Balaban J connectivity index is 1.46. The van der Waals surface area contributed by atoms with E-state index >= 15 is 0 Å². The smallest absolute Gasteiger partial charge is 0.441 e. The number of oxazole rings is 1. The zero-order valence-corrected chi connectivity index (χ0v) is 16.8. The quantitative estimate of drug-likeness (QED) is 0.516. The molecule has 2 aromatic carbocycles. The highest BCUT2D eigenvalue weighted by Crippen LogP contribution is 2.28. The first kappa shape index (κ1) is 22.6.